The minimum atomic E-state index is -1.03. The van der Waals surface area contributed by atoms with Gasteiger partial charge < -0.3 is 26.4 Å². The molecule has 0 fully saturated rings. The number of thiophene rings is 1. The number of carbonyl (C=O) groups excluding carboxylic acids is 3. The summed E-state index contributed by atoms with van der Waals surface area (Å²) in [5.41, 5.74) is 7.08. The lowest BCUT2D eigenvalue weighted by molar-refractivity contribution is -0.130. The molecule has 49 heavy (non-hydrogen) atoms. The predicted octanol–water partition coefficient (Wildman–Crippen LogP) is 6.66. The highest BCUT2D eigenvalue weighted by Crippen LogP contribution is 2.28. The highest BCUT2D eigenvalue weighted by atomic mass is 32.1. The standard InChI is InChI=1S/C39H39N5O4S/c1-39(2,3)48-38(47)44-33(21-27-15-9-13-25-11-5-7-17-30(25)27)37(46)43-32(20-26-14-8-12-24-10-4-6-16-29(24)26)36(45)42-23-28-22-31-34(49-28)18-19-41-35(31)40/h4-19,22,32-33H,20-21,23H2,1-3H3,(H2,40,41)(H,42,45)(H,43,46)(H,44,47). The number of amides is 3. The summed E-state index contributed by atoms with van der Waals surface area (Å²) in [6, 6.07) is 29.4. The van der Waals surface area contributed by atoms with Crippen LogP contribution in [0.1, 0.15) is 36.8 Å². The second-order valence-electron chi connectivity index (χ2n) is 13.0. The highest BCUT2D eigenvalue weighted by Gasteiger charge is 2.30. The minimum absolute atomic E-state index is 0.187. The monoisotopic (exact) mass is 673 g/mol. The Morgan fingerprint density at radius 1 is 0.755 bits per heavy atom. The van der Waals surface area contributed by atoms with Gasteiger partial charge in [-0.1, -0.05) is 84.9 Å². The van der Waals surface area contributed by atoms with E-state index in [2.05, 4.69) is 20.9 Å². The van der Waals surface area contributed by atoms with Gasteiger partial charge in [-0.25, -0.2) is 9.78 Å². The van der Waals surface area contributed by atoms with Crippen LogP contribution in [0.15, 0.2) is 103 Å². The maximum atomic E-state index is 14.2. The van der Waals surface area contributed by atoms with Gasteiger partial charge in [-0.3, -0.25) is 9.59 Å². The van der Waals surface area contributed by atoms with Crippen molar-refractivity contribution in [1.29, 1.82) is 0 Å². The van der Waals surface area contributed by atoms with Crippen LogP contribution >= 0.6 is 11.3 Å². The lowest BCUT2D eigenvalue weighted by Gasteiger charge is -2.26. The Morgan fingerprint density at radius 3 is 1.92 bits per heavy atom. The minimum Gasteiger partial charge on any atom is -0.444 e. The van der Waals surface area contributed by atoms with E-state index in [1.807, 2.05) is 97.1 Å². The largest absolute Gasteiger partial charge is 0.444 e. The third-order valence-corrected chi connectivity index (χ3v) is 9.31. The molecule has 0 aliphatic carbocycles. The Bertz CT molecular complexity index is 2140. The molecule has 0 aliphatic heterocycles. The highest BCUT2D eigenvalue weighted by molar-refractivity contribution is 7.19. The number of hydrogen-bond donors (Lipinski definition) is 4. The number of fused-ring (bicyclic) bond motifs is 3. The number of hydrogen-bond acceptors (Lipinski definition) is 7. The van der Waals surface area contributed by atoms with Crippen molar-refractivity contribution in [2.75, 3.05) is 5.73 Å². The molecule has 6 aromatic rings. The number of ether oxygens (including phenoxy) is 1. The van der Waals surface area contributed by atoms with Crippen LogP contribution in [0.25, 0.3) is 31.6 Å². The fraction of sp³-hybridized carbons (Fsp3) is 0.231. The maximum absolute atomic E-state index is 14.2. The van der Waals surface area contributed by atoms with E-state index in [1.165, 1.54) is 11.3 Å². The van der Waals surface area contributed by atoms with E-state index in [0.29, 0.717) is 5.82 Å². The Balaban J connectivity index is 1.29. The van der Waals surface area contributed by atoms with Gasteiger partial charge in [0.15, 0.2) is 0 Å². The molecule has 250 valence electrons. The molecule has 2 aromatic heterocycles. The van der Waals surface area contributed by atoms with Gasteiger partial charge >= 0.3 is 6.09 Å². The molecule has 10 heteroatoms. The van der Waals surface area contributed by atoms with E-state index in [4.69, 9.17) is 10.5 Å². The van der Waals surface area contributed by atoms with Crippen molar-refractivity contribution in [2.45, 2.75) is 57.8 Å². The average Bonchev–Trinajstić information content (AvgIpc) is 3.50. The Hall–Kier alpha value is -5.48. The topological polar surface area (TPSA) is 135 Å². The summed E-state index contributed by atoms with van der Waals surface area (Å²) in [4.78, 5) is 46.3. The molecule has 0 spiro atoms. The van der Waals surface area contributed by atoms with Crippen LogP contribution in [0.3, 0.4) is 0 Å². The molecule has 2 heterocycles. The average molecular weight is 674 g/mol. The van der Waals surface area contributed by atoms with E-state index in [-0.39, 0.29) is 25.3 Å². The van der Waals surface area contributed by atoms with E-state index in [1.54, 1.807) is 27.0 Å². The summed E-state index contributed by atoms with van der Waals surface area (Å²) in [6.07, 6.45) is 1.36. The van der Waals surface area contributed by atoms with Crippen molar-refractivity contribution < 1.29 is 19.1 Å². The SMILES string of the molecule is CC(C)(C)OC(=O)NC(Cc1cccc2ccccc12)C(=O)NC(Cc1cccc2ccccc12)C(=O)NCc1cc2c(N)nccc2s1. The van der Waals surface area contributed by atoms with Gasteiger partial charge in [0.2, 0.25) is 11.8 Å². The predicted molar refractivity (Wildman–Crippen MR) is 196 cm³/mol. The van der Waals surface area contributed by atoms with Crippen LogP contribution in [0, 0.1) is 0 Å². The van der Waals surface area contributed by atoms with Crippen molar-refractivity contribution in [3.05, 3.63) is 119 Å². The molecular weight excluding hydrogens is 635 g/mol. The zero-order valence-electron chi connectivity index (χ0n) is 27.7. The fourth-order valence-electron chi connectivity index (χ4n) is 5.94. The summed E-state index contributed by atoms with van der Waals surface area (Å²) >= 11 is 1.52. The second-order valence-corrected chi connectivity index (χ2v) is 14.2. The van der Waals surface area contributed by atoms with Gasteiger partial charge in [0.25, 0.3) is 0 Å². The van der Waals surface area contributed by atoms with Gasteiger partial charge in [-0.2, -0.15) is 0 Å². The summed E-state index contributed by atoms with van der Waals surface area (Å²) in [7, 11) is 0. The number of alkyl carbamates (subject to hydrolysis) is 1. The van der Waals surface area contributed by atoms with Crippen molar-refractivity contribution in [3.8, 4) is 0 Å². The molecule has 4 aromatic carbocycles. The van der Waals surface area contributed by atoms with Crippen LogP contribution in [-0.4, -0.2) is 40.6 Å². The molecule has 0 aliphatic rings. The molecule has 0 bridgehead atoms. The molecule has 2 unspecified atom stereocenters. The summed E-state index contributed by atoms with van der Waals surface area (Å²) in [5.74, 6) is -0.423. The number of pyridine rings is 1. The van der Waals surface area contributed by atoms with Gasteiger partial charge in [-0.05, 0) is 65.6 Å². The number of carbonyl (C=O) groups is 3. The lowest BCUT2D eigenvalue weighted by Crippen LogP contribution is -2.55. The Labute approximate surface area is 288 Å². The van der Waals surface area contributed by atoms with Crippen molar-refractivity contribution in [2.24, 2.45) is 0 Å². The van der Waals surface area contributed by atoms with Crippen LogP contribution in [0.5, 0.6) is 0 Å². The van der Waals surface area contributed by atoms with E-state index >= 15 is 0 Å². The first-order chi connectivity index (χ1) is 23.5. The molecular formula is C39H39N5O4S. The zero-order chi connectivity index (χ0) is 34.5. The van der Waals surface area contributed by atoms with Crippen LogP contribution in [0.4, 0.5) is 10.6 Å². The Morgan fingerprint density at radius 2 is 1.33 bits per heavy atom. The summed E-state index contributed by atoms with van der Waals surface area (Å²) in [6.45, 7) is 5.53. The third-order valence-electron chi connectivity index (χ3n) is 8.21. The van der Waals surface area contributed by atoms with Gasteiger partial charge in [-0.15, -0.1) is 11.3 Å². The number of nitrogens with two attached hydrogens (primary N) is 1. The van der Waals surface area contributed by atoms with E-state index in [0.717, 1.165) is 47.6 Å². The normalized spacial score (nSPS) is 12.8. The quantitative estimate of drug-likeness (QED) is 0.128. The first-order valence-electron chi connectivity index (χ1n) is 16.2. The molecule has 0 saturated carbocycles. The van der Waals surface area contributed by atoms with Gasteiger partial charge in [0, 0.05) is 34.0 Å². The first kappa shape index (κ1) is 33.4. The van der Waals surface area contributed by atoms with Crippen molar-refractivity contribution in [1.82, 2.24) is 20.9 Å². The van der Waals surface area contributed by atoms with E-state index < -0.39 is 29.7 Å². The summed E-state index contributed by atoms with van der Waals surface area (Å²) < 4.78 is 6.51. The van der Waals surface area contributed by atoms with Crippen molar-refractivity contribution >= 4 is 66.7 Å². The molecule has 0 saturated heterocycles. The van der Waals surface area contributed by atoms with Gasteiger partial charge in [0.05, 0.1) is 6.54 Å². The van der Waals surface area contributed by atoms with Crippen LogP contribution < -0.4 is 21.7 Å². The second kappa shape index (κ2) is 14.3. The molecule has 6 rings (SSSR count). The fourth-order valence-corrected chi connectivity index (χ4v) is 6.95. The molecule has 3 amide bonds. The first-order valence-corrected chi connectivity index (χ1v) is 17.0. The number of rotatable bonds is 10. The third kappa shape index (κ3) is 8.16. The molecule has 2 atom stereocenters. The van der Waals surface area contributed by atoms with Gasteiger partial charge in [0.1, 0.15) is 23.5 Å². The maximum Gasteiger partial charge on any atom is 0.408 e. The molecule has 9 nitrogen and oxygen atoms in total. The van der Waals surface area contributed by atoms with Crippen LogP contribution in [-0.2, 0) is 33.7 Å². The van der Waals surface area contributed by atoms with Crippen LogP contribution in [0.2, 0.25) is 0 Å². The zero-order valence-corrected chi connectivity index (χ0v) is 28.5. The Kier molecular flexibility index (Phi) is 9.77. The van der Waals surface area contributed by atoms with E-state index in [9.17, 15) is 14.4 Å². The number of aromatic nitrogens is 1. The smallest absolute Gasteiger partial charge is 0.408 e. The molecule has 5 N–H and O–H groups in total. The number of benzene rings is 4. The lowest BCUT2D eigenvalue weighted by atomic mass is 9.96. The number of anilines is 1. The number of nitrogens with zero attached hydrogens (tertiary/aromatic N) is 1. The summed E-state index contributed by atoms with van der Waals surface area (Å²) in [5, 5.41) is 13.6. The number of nitrogen functional groups attached to an aromatic ring is 1. The number of nitrogens with one attached hydrogen (secondary N) is 3. The van der Waals surface area contributed by atoms with Crippen molar-refractivity contribution in [3.63, 3.8) is 0 Å². The molecule has 0 radical (unpaired) electrons.